The van der Waals surface area contributed by atoms with Gasteiger partial charge in [-0.1, -0.05) is 18.2 Å². The fraction of sp³-hybridized carbons (Fsp3) is 0.526. The van der Waals surface area contributed by atoms with Crippen molar-refractivity contribution in [2.75, 3.05) is 19.6 Å². The van der Waals surface area contributed by atoms with E-state index in [-0.39, 0.29) is 30.6 Å². The maximum Gasteiger partial charge on any atom is 0.325 e. The smallest absolute Gasteiger partial charge is 0.325 e. The lowest BCUT2D eigenvalue weighted by molar-refractivity contribution is -0.138. The van der Waals surface area contributed by atoms with Crippen LogP contribution in [0.15, 0.2) is 24.3 Å². The predicted molar refractivity (Wildman–Crippen MR) is 101 cm³/mol. The van der Waals surface area contributed by atoms with Gasteiger partial charge in [0.15, 0.2) is 0 Å². The van der Waals surface area contributed by atoms with Crippen LogP contribution in [0.4, 0.5) is 9.18 Å². The number of fused-ring (bicyclic) bond motifs is 1. The second kappa shape index (κ2) is 8.05. The molecule has 9 nitrogen and oxygen atoms in total. The standard InChI is InChI=1S/C19H25FN6O3/c20-14-4-2-1-3-12(14)10-26-17(28)13-9-22-18(23-16(13)24-19(26)29)25-7-5-11(6-8-25)15(21)27/h1-4,11,13,16,18,22-23H,5-10H2,(H2,21,27)(H,24,29). The van der Waals surface area contributed by atoms with Gasteiger partial charge in [0, 0.05) is 31.1 Å². The summed E-state index contributed by atoms with van der Waals surface area (Å²) < 4.78 is 13.9. The summed E-state index contributed by atoms with van der Waals surface area (Å²) in [7, 11) is 0. The van der Waals surface area contributed by atoms with Gasteiger partial charge in [0.1, 0.15) is 12.1 Å². The van der Waals surface area contributed by atoms with Crippen LogP contribution in [0.5, 0.6) is 0 Å². The van der Waals surface area contributed by atoms with Crippen LogP contribution in [0.2, 0.25) is 0 Å². The van der Waals surface area contributed by atoms with Crippen molar-refractivity contribution in [2.45, 2.75) is 31.8 Å². The summed E-state index contributed by atoms with van der Waals surface area (Å²) in [5.41, 5.74) is 5.68. The van der Waals surface area contributed by atoms with E-state index < -0.39 is 23.9 Å². The Balaban J connectivity index is 1.38. The molecule has 3 atom stereocenters. The zero-order valence-corrected chi connectivity index (χ0v) is 15.9. The number of benzene rings is 1. The van der Waals surface area contributed by atoms with Crippen molar-refractivity contribution >= 4 is 17.8 Å². The molecular formula is C19H25FN6O3. The lowest BCUT2D eigenvalue weighted by atomic mass is 9.95. The average Bonchev–Trinajstić information content (AvgIpc) is 2.72. The molecule has 4 rings (SSSR count). The van der Waals surface area contributed by atoms with Crippen molar-refractivity contribution in [3.63, 3.8) is 0 Å². The normalized spacial score (nSPS) is 28.7. The number of halogens is 1. The van der Waals surface area contributed by atoms with Crippen LogP contribution in [0.25, 0.3) is 0 Å². The minimum atomic E-state index is -0.542. The molecule has 29 heavy (non-hydrogen) atoms. The molecule has 1 aromatic carbocycles. The number of amides is 4. The van der Waals surface area contributed by atoms with Gasteiger partial charge in [0.25, 0.3) is 0 Å². The van der Waals surface area contributed by atoms with Crippen molar-refractivity contribution in [3.05, 3.63) is 35.6 Å². The summed E-state index contributed by atoms with van der Waals surface area (Å²) >= 11 is 0. The number of hydrogen-bond acceptors (Lipinski definition) is 6. The molecule has 1 aromatic rings. The molecular weight excluding hydrogens is 379 g/mol. The lowest BCUT2D eigenvalue weighted by Gasteiger charge is -2.47. The first kappa shape index (κ1) is 19.7. The molecule has 3 unspecified atom stereocenters. The second-order valence-electron chi connectivity index (χ2n) is 7.74. The number of hydrogen-bond donors (Lipinski definition) is 4. The molecule has 0 saturated carbocycles. The van der Waals surface area contributed by atoms with E-state index in [0.717, 1.165) is 4.90 Å². The quantitative estimate of drug-likeness (QED) is 0.537. The first-order chi connectivity index (χ1) is 13.9. The van der Waals surface area contributed by atoms with E-state index >= 15 is 0 Å². The predicted octanol–water partition coefficient (Wildman–Crippen LogP) is -0.506. The highest BCUT2D eigenvalue weighted by atomic mass is 19.1. The third-order valence-corrected chi connectivity index (χ3v) is 5.96. The fourth-order valence-electron chi connectivity index (χ4n) is 4.21. The average molecular weight is 404 g/mol. The number of carbonyl (C=O) groups is 3. The van der Waals surface area contributed by atoms with E-state index in [2.05, 4.69) is 20.9 Å². The molecule has 0 spiro atoms. The molecule has 3 fully saturated rings. The number of nitrogens with one attached hydrogen (secondary N) is 3. The minimum Gasteiger partial charge on any atom is -0.369 e. The summed E-state index contributed by atoms with van der Waals surface area (Å²) in [6, 6.07) is 5.56. The Hall–Kier alpha value is -2.56. The van der Waals surface area contributed by atoms with Gasteiger partial charge in [-0.25, -0.2) is 9.18 Å². The van der Waals surface area contributed by atoms with Crippen molar-refractivity contribution in [3.8, 4) is 0 Å². The van der Waals surface area contributed by atoms with Crippen LogP contribution in [0, 0.1) is 17.7 Å². The topological polar surface area (TPSA) is 120 Å². The number of piperidine rings is 1. The largest absolute Gasteiger partial charge is 0.369 e. The van der Waals surface area contributed by atoms with Gasteiger partial charge >= 0.3 is 6.03 Å². The number of carbonyl (C=O) groups excluding carboxylic acids is 3. The summed E-state index contributed by atoms with van der Waals surface area (Å²) in [4.78, 5) is 39.9. The summed E-state index contributed by atoms with van der Waals surface area (Å²) in [5.74, 6) is -1.65. The van der Waals surface area contributed by atoms with Crippen molar-refractivity contribution in [1.82, 2.24) is 25.8 Å². The first-order valence-electron chi connectivity index (χ1n) is 9.82. The van der Waals surface area contributed by atoms with Gasteiger partial charge in [-0.15, -0.1) is 0 Å². The number of rotatable bonds is 4. The number of primary amides is 1. The molecule has 156 valence electrons. The number of nitrogens with zero attached hydrogens (tertiary/aromatic N) is 2. The third-order valence-electron chi connectivity index (χ3n) is 5.96. The maximum absolute atomic E-state index is 13.9. The summed E-state index contributed by atoms with van der Waals surface area (Å²) in [6.07, 6.45) is 0.652. The zero-order chi connectivity index (χ0) is 20.5. The molecule has 0 radical (unpaired) electrons. The molecule has 10 heteroatoms. The first-order valence-corrected chi connectivity index (χ1v) is 9.82. The Morgan fingerprint density at radius 2 is 1.93 bits per heavy atom. The van der Waals surface area contributed by atoms with Crippen LogP contribution in [0.3, 0.4) is 0 Å². The van der Waals surface area contributed by atoms with Crippen LogP contribution >= 0.6 is 0 Å². The van der Waals surface area contributed by atoms with E-state index in [1.807, 2.05) is 0 Å². The monoisotopic (exact) mass is 404 g/mol. The molecule has 3 heterocycles. The molecule has 0 aromatic heterocycles. The number of imide groups is 1. The molecule has 3 aliphatic heterocycles. The van der Waals surface area contributed by atoms with E-state index in [4.69, 9.17) is 5.73 Å². The molecule has 5 N–H and O–H groups in total. The van der Waals surface area contributed by atoms with Crippen molar-refractivity contribution < 1.29 is 18.8 Å². The van der Waals surface area contributed by atoms with E-state index in [0.29, 0.717) is 38.0 Å². The number of likely N-dealkylation sites (tertiary alicyclic amines) is 1. The Kier molecular flexibility index (Phi) is 5.48. The van der Waals surface area contributed by atoms with Gasteiger partial charge in [0.2, 0.25) is 11.8 Å². The van der Waals surface area contributed by atoms with Crippen molar-refractivity contribution in [1.29, 1.82) is 0 Å². The molecule has 0 bridgehead atoms. The zero-order valence-electron chi connectivity index (χ0n) is 15.9. The van der Waals surface area contributed by atoms with E-state index in [9.17, 15) is 18.8 Å². The van der Waals surface area contributed by atoms with Crippen LogP contribution in [-0.4, -0.2) is 59.7 Å². The summed E-state index contributed by atoms with van der Waals surface area (Å²) in [6.45, 7) is 1.66. The highest BCUT2D eigenvalue weighted by molar-refractivity contribution is 5.98. The second-order valence-corrected chi connectivity index (χ2v) is 7.74. The fourth-order valence-corrected chi connectivity index (χ4v) is 4.21. The summed E-state index contributed by atoms with van der Waals surface area (Å²) in [5, 5.41) is 9.40. The van der Waals surface area contributed by atoms with Crippen LogP contribution < -0.4 is 21.7 Å². The highest BCUT2D eigenvalue weighted by Crippen LogP contribution is 2.23. The lowest BCUT2D eigenvalue weighted by Crippen LogP contribution is -2.75. The Bertz CT molecular complexity index is 813. The minimum absolute atomic E-state index is 0.106. The van der Waals surface area contributed by atoms with Gasteiger partial charge in [0.05, 0.1) is 18.6 Å². The third kappa shape index (κ3) is 3.96. The number of urea groups is 1. The highest BCUT2D eigenvalue weighted by Gasteiger charge is 2.45. The Morgan fingerprint density at radius 3 is 2.62 bits per heavy atom. The molecule has 3 aliphatic rings. The van der Waals surface area contributed by atoms with Gasteiger partial charge < -0.3 is 11.1 Å². The van der Waals surface area contributed by atoms with Gasteiger partial charge in [-0.3, -0.25) is 30.0 Å². The SMILES string of the molecule is NC(=O)C1CCN(C2NCC3C(=O)N(Cc4ccccc4F)C(=O)NC3N2)CC1. The van der Waals surface area contributed by atoms with E-state index in [1.54, 1.807) is 18.2 Å². The number of nitrogens with two attached hydrogens (primary N) is 1. The molecule has 0 aliphatic carbocycles. The van der Waals surface area contributed by atoms with Gasteiger partial charge in [-0.05, 0) is 18.9 Å². The van der Waals surface area contributed by atoms with Crippen LogP contribution in [-0.2, 0) is 16.1 Å². The molecule has 4 amide bonds. The van der Waals surface area contributed by atoms with Gasteiger partial charge in [-0.2, -0.15) is 0 Å². The van der Waals surface area contributed by atoms with E-state index in [1.165, 1.54) is 6.07 Å². The maximum atomic E-state index is 13.9. The Labute approximate surface area is 167 Å². The molecule has 3 saturated heterocycles. The van der Waals surface area contributed by atoms with Crippen LogP contribution in [0.1, 0.15) is 18.4 Å². The Morgan fingerprint density at radius 1 is 1.21 bits per heavy atom. The van der Waals surface area contributed by atoms with Crippen molar-refractivity contribution in [2.24, 2.45) is 17.6 Å².